The van der Waals surface area contributed by atoms with E-state index in [0.29, 0.717) is 17.5 Å². The third-order valence-electron chi connectivity index (χ3n) is 14.4. The first-order valence-corrected chi connectivity index (χ1v) is 24.6. The first kappa shape index (κ1) is 57.3. The molecule has 2 aromatic rings. The molecule has 394 valence electrons. The number of allylic oxidation sites excluding steroid dienone is 1. The molecule has 5 rings (SSSR count). The van der Waals surface area contributed by atoms with Gasteiger partial charge in [-0.25, -0.2) is 9.59 Å². The van der Waals surface area contributed by atoms with E-state index in [2.05, 4.69) is 0 Å². The number of hydrogen-bond donors (Lipinski definition) is 1. The maximum atomic E-state index is 14.8. The lowest BCUT2D eigenvalue weighted by molar-refractivity contribution is -0.318. The van der Waals surface area contributed by atoms with Crippen LogP contribution in [0.3, 0.4) is 0 Å². The second-order valence-corrected chi connectivity index (χ2v) is 20.2. The number of likely N-dealkylation sites (N-methyl/N-ethyl adjacent to an activating group) is 1. The van der Waals surface area contributed by atoms with E-state index in [1.807, 2.05) is 32.8 Å². The lowest BCUT2D eigenvalue weighted by Crippen LogP contribution is -2.61. The summed E-state index contributed by atoms with van der Waals surface area (Å²) in [6.07, 6.45) is -6.99. The van der Waals surface area contributed by atoms with Crippen LogP contribution in [0.2, 0.25) is 0 Å². The number of ketones is 1. The molecule has 0 aliphatic carbocycles. The van der Waals surface area contributed by atoms with Crippen LogP contribution in [-0.4, -0.2) is 153 Å². The largest absolute Gasteiger partial charge is 0.462 e. The third kappa shape index (κ3) is 13.7. The number of benzene rings is 2. The third-order valence-corrected chi connectivity index (χ3v) is 14.4. The Bertz CT molecular complexity index is 2150. The van der Waals surface area contributed by atoms with E-state index in [-0.39, 0.29) is 42.8 Å². The highest BCUT2D eigenvalue weighted by atomic mass is 16.7. The van der Waals surface area contributed by atoms with Gasteiger partial charge in [-0.2, -0.15) is 0 Å². The molecule has 71 heavy (non-hydrogen) atoms. The van der Waals surface area contributed by atoms with E-state index in [9.17, 15) is 29.1 Å². The zero-order valence-corrected chi connectivity index (χ0v) is 43.9. The fraction of sp³-hybridized carbons (Fsp3) is 0.648. The van der Waals surface area contributed by atoms with E-state index < -0.39 is 114 Å². The molecule has 0 unspecified atom stereocenters. The first-order chi connectivity index (χ1) is 33.4. The van der Waals surface area contributed by atoms with Crippen LogP contribution in [0.4, 0.5) is 0 Å². The van der Waals surface area contributed by atoms with Crippen LogP contribution in [0, 0.1) is 17.8 Å². The second-order valence-electron chi connectivity index (χ2n) is 20.2. The second kappa shape index (κ2) is 24.4. The minimum atomic E-state index is -2.11. The average molecular weight is 996 g/mol. The Morgan fingerprint density at radius 3 is 1.89 bits per heavy atom. The zero-order valence-electron chi connectivity index (χ0n) is 43.9. The van der Waals surface area contributed by atoms with Crippen molar-refractivity contribution in [2.75, 3.05) is 34.9 Å². The summed E-state index contributed by atoms with van der Waals surface area (Å²) < 4.78 is 63.8. The van der Waals surface area contributed by atoms with Gasteiger partial charge in [0.25, 0.3) is 0 Å². The average Bonchev–Trinajstić information content (AvgIpc) is 3.34. The fourth-order valence-electron chi connectivity index (χ4n) is 10.3. The van der Waals surface area contributed by atoms with E-state index in [1.165, 1.54) is 27.2 Å². The van der Waals surface area contributed by atoms with Crippen molar-refractivity contribution in [3.05, 3.63) is 83.4 Å². The predicted octanol–water partition coefficient (Wildman–Crippen LogP) is 6.66. The van der Waals surface area contributed by atoms with Crippen LogP contribution in [0.1, 0.15) is 116 Å². The molecular weight excluding hydrogens is 919 g/mol. The van der Waals surface area contributed by atoms with Crippen LogP contribution in [-0.2, 0) is 61.8 Å². The smallest absolute Gasteiger partial charge is 0.338 e. The number of hydrogen-bond acceptors (Lipinski definition) is 17. The number of ether oxygens (including phenoxy) is 10. The Kier molecular flexibility index (Phi) is 19.7. The van der Waals surface area contributed by atoms with Crippen molar-refractivity contribution in [1.29, 1.82) is 0 Å². The number of carbonyl (C=O) groups is 5. The standard InChI is InChI=1S/C54H77NO16/c1-15-41-54(61,30-64-37(8)56)28-32(3)43(57)31(2)27-52(9,62-13)46(71-51-45(40(55(11)12)26-33(4)65-51)69-49(59)38-22-18-16-19-23-38)34(5)44(35(6)48(58)67-41)68-42-29-53(10,63-14)47(36(7)66-42)70-50(60)39-24-20-17-21-25-39/h16-25,28,31,33-36,40-42,44-47,51,61H,15,26-27,29-30H2,1-14H3/b32-28+/t31-,33-,34+,35-,36+,40+,41-,42+,44+,45-,46-,47+,51+,52-,53-,54-/m1/s1. The van der Waals surface area contributed by atoms with Gasteiger partial charge in [0, 0.05) is 39.4 Å². The van der Waals surface area contributed by atoms with Gasteiger partial charge >= 0.3 is 23.9 Å². The topological polar surface area (TPSA) is 201 Å². The number of Topliss-reactive ketones (excluding diaryl/α,β-unsaturated/α-hetero) is 1. The minimum absolute atomic E-state index is 0.0270. The Balaban J connectivity index is 1.65. The normalized spacial score (nSPS) is 37.2. The molecule has 3 heterocycles. The molecule has 2 fully saturated rings. The summed E-state index contributed by atoms with van der Waals surface area (Å²) in [5.74, 6) is -5.79. The van der Waals surface area contributed by atoms with Gasteiger partial charge in [0.05, 0.1) is 53.1 Å². The summed E-state index contributed by atoms with van der Waals surface area (Å²) >= 11 is 0. The van der Waals surface area contributed by atoms with Gasteiger partial charge in [0.15, 0.2) is 36.2 Å². The van der Waals surface area contributed by atoms with E-state index in [4.69, 9.17) is 47.4 Å². The number of esters is 4. The molecule has 17 nitrogen and oxygen atoms in total. The Morgan fingerprint density at radius 1 is 0.789 bits per heavy atom. The van der Waals surface area contributed by atoms with Crippen LogP contribution < -0.4 is 0 Å². The Morgan fingerprint density at radius 2 is 1.35 bits per heavy atom. The quantitative estimate of drug-likeness (QED) is 0.155. The Labute approximate surface area is 419 Å². The maximum Gasteiger partial charge on any atom is 0.338 e. The van der Waals surface area contributed by atoms with Gasteiger partial charge in [0.2, 0.25) is 0 Å². The van der Waals surface area contributed by atoms with Gasteiger partial charge < -0.3 is 57.4 Å². The molecule has 0 bridgehead atoms. The molecule has 0 aromatic heterocycles. The van der Waals surface area contributed by atoms with Gasteiger partial charge in [-0.3, -0.25) is 14.4 Å². The van der Waals surface area contributed by atoms with E-state index >= 15 is 0 Å². The fourth-order valence-corrected chi connectivity index (χ4v) is 10.3. The molecule has 0 saturated carbocycles. The summed E-state index contributed by atoms with van der Waals surface area (Å²) in [4.78, 5) is 70.7. The highest BCUT2D eigenvalue weighted by Gasteiger charge is 2.54. The van der Waals surface area contributed by atoms with Crippen molar-refractivity contribution in [2.45, 2.75) is 173 Å². The summed E-state index contributed by atoms with van der Waals surface area (Å²) in [6.45, 7) is 16.2. The predicted molar refractivity (Wildman–Crippen MR) is 260 cm³/mol. The van der Waals surface area contributed by atoms with Crippen LogP contribution >= 0.6 is 0 Å². The monoisotopic (exact) mass is 996 g/mol. The van der Waals surface area contributed by atoms with E-state index in [0.717, 1.165) is 0 Å². The molecule has 0 radical (unpaired) electrons. The molecule has 0 spiro atoms. The van der Waals surface area contributed by atoms with Crippen LogP contribution in [0.15, 0.2) is 72.3 Å². The van der Waals surface area contributed by atoms with Crippen molar-refractivity contribution in [1.82, 2.24) is 4.90 Å². The van der Waals surface area contributed by atoms with Crippen molar-refractivity contribution < 1.29 is 76.4 Å². The number of aliphatic hydroxyl groups is 1. The minimum Gasteiger partial charge on any atom is -0.462 e. The molecule has 0 amide bonds. The zero-order chi connectivity index (χ0) is 52.6. The summed E-state index contributed by atoms with van der Waals surface area (Å²) in [5.41, 5.74) is -3.84. The number of rotatable bonds is 14. The number of carbonyl (C=O) groups excluding carboxylic acids is 5. The number of nitrogens with zero attached hydrogens (tertiary/aromatic N) is 1. The number of methoxy groups -OCH3 is 2. The summed E-state index contributed by atoms with van der Waals surface area (Å²) in [5, 5.41) is 12.3. The highest BCUT2D eigenvalue weighted by molar-refractivity contribution is 5.96. The Hall–Kier alpha value is -4.59. The van der Waals surface area contributed by atoms with Gasteiger partial charge in [-0.15, -0.1) is 0 Å². The van der Waals surface area contributed by atoms with Crippen molar-refractivity contribution in [2.24, 2.45) is 17.8 Å². The first-order valence-electron chi connectivity index (χ1n) is 24.6. The molecule has 1 N–H and O–H groups in total. The summed E-state index contributed by atoms with van der Waals surface area (Å²) in [7, 11) is 6.77. The molecule has 2 aromatic carbocycles. The van der Waals surface area contributed by atoms with Gasteiger partial charge in [0.1, 0.15) is 18.3 Å². The molecule has 2 saturated heterocycles. The molecule has 3 aliphatic rings. The van der Waals surface area contributed by atoms with Gasteiger partial charge in [-0.1, -0.05) is 57.2 Å². The van der Waals surface area contributed by atoms with Crippen molar-refractivity contribution in [3.63, 3.8) is 0 Å². The number of cyclic esters (lactones) is 1. The van der Waals surface area contributed by atoms with Crippen molar-refractivity contribution in [3.8, 4) is 0 Å². The lowest BCUT2D eigenvalue weighted by atomic mass is 9.76. The summed E-state index contributed by atoms with van der Waals surface area (Å²) in [6, 6.07) is 16.8. The molecular formula is C54H77NO16. The van der Waals surface area contributed by atoms with Gasteiger partial charge in [-0.05, 0) is 111 Å². The maximum absolute atomic E-state index is 14.8. The molecule has 16 atom stereocenters. The van der Waals surface area contributed by atoms with E-state index in [1.54, 1.807) is 109 Å². The lowest BCUT2D eigenvalue weighted by Gasteiger charge is -2.50. The van der Waals surface area contributed by atoms with Crippen molar-refractivity contribution >= 4 is 29.7 Å². The molecule has 3 aliphatic heterocycles. The SMILES string of the molecule is CC[C@H]1OC(=O)[C@H](C)[C@@H](O[C@H]2C[C@@](C)(OC)[C@@H](OC(=O)c3ccccc3)[C@H](C)O2)[C@H](C)[C@@H](O[C@@H]2O[C@H](C)C[C@H](N(C)C)[C@H]2OC(=O)c2ccccc2)[C@](C)(OC)C[C@@H](C)C(=O)/C(C)=C/[C@@]1(O)COC(C)=O. The molecule has 17 heteroatoms. The highest BCUT2D eigenvalue weighted by Crippen LogP contribution is 2.42. The van der Waals surface area contributed by atoms with Crippen LogP contribution in [0.25, 0.3) is 0 Å². The van der Waals surface area contributed by atoms with Crippen LogP contribution in [0.5, 0.6) is 0 Å².